The van der Waals surface area contributed by atoms with Gasteiger partial charge in [-0.1, -0.05) is 11.6 Å². The molecular formula is C10H9Cl2N3. The molecule has 0 aliphatic rings. The van der Waals surface area contributed by atoms with Gasteiger partial charge in [0.05, 0.1) is 5.02 Å². The molecule has 0 fully saturated rings. The third kappa shape index (κ3) is 1.98. The van der Waals surface area contributed by atoms with Crippen LogP contribution in [0.2, 0.25) is 5.02 Å². The van der Waals surface area contributed by atoms with Crippen LogP contribution in [0.1, 0.15) is 11.4 Å². The van der Waals surface area contributed by atoms with Crippen LogP contribution in [-0.4, -0.2) is 14.5 Å². The number of aromatic nitrogens is 3. The lowest BCUT2D eigenvalue weighted by atomic mass is 10.3. The second-order valence-corrected chi connectivity index (χ2v) is 3.80. The van der Waals surface area contributed by atoms with E-state index in [0.29, 0.717) is 16.7 Å². The van der Waals surface area contributed by atoms with Crippen molar-refractivity contribution in [2.45, 2.75) is 12.8 Å². The number of nitrogens with zero attached hydrogens (tertiary/aromatic N) is 3. The fraction of sp³-hybridized carbons (Fsp3) is 0.200. The van der Waals surface area contributed by atoms with Gasteiger partial charge in [-0.15, -0.1) is 11.6 Å². The van der Waals surface area contributed by atoms with E-state index in [-0.39, 0.29) is 0 Å². The monoisotopic (exact) mass is 241 g/mol. The van der Waals surface area contributed by atoms with Gasteiger partial charge in [-0.3, -0.25) is 4.57 Å². The summed E-state index contributed by atoms with van der Waals surface area (Å²) in [7, 11) is 0. The molecule has 3 nitrogen and oxygen atoms in total. The second-order valence-electron chi connectivity index (χ2n) is 3.13. The Morgan fingerprint density at radius 1 is 1.40 bits per heavy atom. The predicted octanol–water partition coefficient (Wildman–Crippen LogP) is 2.97. The molecule has 0 saturated carbocycles. The van der Waals surface area contributed by atoms with Crippen molar-refractivity contribution in [1.29, 1.82) is 0 Å². The Bertz CT molecular complexity index is 479. The molecule has 0 aromatic carbocycles. The summed E-state index contributed by atoms with van der Waals surface area (Å²) in [6.07, 6.45) is 5.25. The van der Waals surface area contributed by atoms with Crippen LogP contribution in [0.15, 0.2) is 24.7 Å². The molecule has 78 valence electrons. The zero-order valence-corrected chi connectivity index (χ0v) is 9.63. The minimum absolute atomic E-state index is 0.413. The molecule has 0 aliphatic carbocycles. The second kappa shape index (κ2) is 4.21. The summed E-state index contributed by atoms with van der Waals surface area (Å²) >= 11 is 11.8. The molecule has 0 atom stereocenters. The maximum Gasteiger partial charge on any atom is 0.156 e. The van der Waals surface area contributed by atoms with Crippen LogP contribution < -0.4 is 0 Å². The molecule has 2 heterocycles. The molecule has 15 heavy (non-hydrogen) atoms. The van der Waals surface area contributed by atoms with Crippen LogP contribution in [0.5, 0.6) is 0 Å². The number of alkyl halides is 1. The quantitative estimate of drug-likeness (QED) is 0.758. The summed E-state index contributed by atoms with van der Waals surface area (Å²) in [5.74, 6) is 1.94. The number of hydrogen-bond donors (Lipinski definition) is 0. The summed E-state index contributed by atoms with van der Waals surface area (Å²) in [4.78, 5) is 8.37. The zero-order valence-electron chi connectivity index (χ0n) is 8.11. The SMILES string of the molecule is Cc1nccn1-c1ncc(CCl)cc1Cl. The van der Waals surface area contributed by atoms with Crippen molar-refractivity contribution in [2.24, 2.45) is 0 Å². The lowest BCUT2D eigenvalue weighted by Gasteiger charge is -2.06. The third-order valence-corrected chi connectivity index (χ3v) is 2.67. The average molecular weight is 242 g/mol. The minimum atomic E-state index is 0.413. The largest absolute Gasteiger partial charge is 0.287 e. The van der Waals surface area contributed by atoms with Crippen molar-refractivity contribution in [3.8, 4) is 5.82 Å². The molecule has 0 spiro atoms. The lowest BCUT2D eigenvalue weighted by molar-refractivity contribution is 0.929. The lowest BCUT2D eigenvalue weighted by Crippen LogP contribution is -2.00. The highest BCUT2D eigenvalue weighted by molar-refractivity contribution is 6.32. The minimum Gasteiger partial charge on any atom is -0.287 e. The van der Waals surface area contributed by atoms with Gasteiger partial charge < -0.3 is 0 Å². The molecule has 0 aliphatic heterocycles. The first kappa shape index (κ1) is 10.5. The zero-order chi connectivity index (χ0) is 10.8. The molecule has 0 bridgehead atoms. The van der Waals surface area contributed by atoms with Gasteiger partial charge in [-0.05, 0) is 18.6 Å². The summed E-state index contributed by atoms with van der Waals surface area (Å²) in [6, 6.07) is 1.82. The highest BCUT2D eigenvalue weighted by atomic mass is 35.5. The van der Waals surface area contributed by atoms with Gasteiger partial charge in [0.2, 0.25) is 0 Å². The Kier molecular flexibility index (Phi) is 2.93. The highest BCUT2D eigenvalue weighted by Gasteiger charge is 2.07. The van der Waals surface area contributed by atoms with E-state index < -0.39 is 0 Å². The molecule has 5 heteroatoms. The van der Waals surface area contributed by atoms with Gasteiger partial charge in [-0.2, -0.15) is 0 Å². The van der Waals surface area contributed by atoms with Gasteiger partial charge in [0.15, 0.2) is 5.82 Å². The number of rotatable bonds is 2. The van der Waals surface area contributed by atoms with Gasteiger partial charge in [0.1, 0.15) is 5.82 Å². The average Bonchev–Trinajstić information content (AvgIpc) is 2.64. The van der Waals surface area contributed by atoms with E-state index in [1.807, 2.05) is 23.8 Å². The van der Waals surface area contributed by atoms with Crippen LogP contribution in [0.4, 0.5) is 0 Å². The van der Waals surface area contributed by atoms with Crippen LogP contribution in [0.3, 0.4) is 0 Å². The van der Waals surface area contributed by atoms with Gasteiger partial charge in [-0.25, -0.2) is 9.97 Å². The highest BCUT2D eigenvalue weighted by Crippen LogP contribution is 2.20. The van der Waals surface area contributed by atoms with Crippen molar-refractivity contribution in [1.82, 2.24) is 14.5 Å². The first-order chi connectivity index (χ1) is 7.22. The van der Waals surface area contributed by atoms with E-state index in [2.05, 4.69) is 9.97 Å². The molecule has 0 saturated heterocycles. The number of aryl methyl sites for hydroxylation is 1. The number of imidazole rings is 1. The summed E-state index contributed by atoms with van der Waals surface area (Å²) in [6.45, 7) is 1.90. The molecule has 0 radical (unpaired) electrons. The van der Waals surface area contributed by atoms with Crippen LogP contribution >= 0.6 is 23.2 Å². The Labute approximate surface area is 97.7 Å². The van der Waals surface area contributed by atoms with Gasteiger partial charge >= 0.3 is 0 Å². The Morgan fingerprint density at radius 3 is 2.73 bits per heavy atom. The van der Waals surface area contributed by atoms with E-state index in [9.17, 15) is 0 Å². The molecule has 2 aromatic rings. The fourth-order valence-corrected chi connectivity index (χ4v) is 1.75. The normalized spacial score (nSPS) is 10.6. The standard InChI is InChI=1S/C10H9Cl2N3/c1-7-13-2-3-15(7)10-9(12)4-8(5-11)6-14-10/h2-4,6H,5H2,1H3. The van der Waals surface area contributed by atoms with E-state index in [1.165, 1.54) is 0 Å². The van der Waals surface area contributed by atoms with Crippen molar-refractivity contribution < 1.29 is 0 Å². The smallest absolute Gasteiger partial charge is 0.156 e. The summed E-state index contributed by atoms with van der Waals surface area (Å²) < 4.78 is 1.83. The maximum atomic E-state index is 6.10. The van der Waals surface area contributed by atoms with E-state index >= 15 is 0 Å². The molecule has 2 aromatic heterocycles. The van der Waals surface area contributed by atoms with Crippen LogP contribution in [0.25, 0.3) is 5.82 Å². The van der Waals surface area contributed by atoms with E-state index in [0.717, 1.165) is 11.4 Å². The van der Waals surface area contributed by atoms with E-state index in [1.54, 1.807) is 12.4 Å². The third-order valence-electron chi connectivity index (χ3n) is 2.09. The Balaban J connectivity index is 2.50. The van der Waals surface area contributed by atoms with Gasteiger partial charge in [0, 0.05) is 24.5 Å². The first-order valence-electron chi connectivity index (χ1n) is 4.43. The van der Waals surface area contributed by atoms with Crippen molar-refractivity contribution in [2.75, 3.05) is 0 Å². The fourth-order valence-electron chi connectivity index (χ4n) is 1.32. The summed E-state index contributed by atoms with van der Waals surface area (Å²) in [5.41, 5.74) is 0.906. The molecule has 0 N–H and O–H groups in total. The Hall–Kier alpha value is -1.06. The number of halogens is 2. The van der Waals surface area contributed by atoms with Crippen LogP contribution in [-0.2, 0) is 5.88 Å². The van der Waals surface area contributed by atoms with E-state index in [4.69, 9.17) is 23.2 Å². The molecule has 2 rings (SSSR count). The van der Waals surface area contributed by atoms with Crippen molar-refractivity contribution in [3.05, 3.63) is 41.1 Å². The van der Waals surface area contributed by atoms with Crippen molar-refractivity contribution in [3.63, 3.8) is 0 Å². The molecule has 0 unspecified atom stereocenters. The number of pyridine rings is 1. The van der Waals surface area contributed by atoms with Crippen LogP contribution in [0, 0.1) is 6.92 Å². The molecular weight excluding hydrogens is 233 g/mol. The molecule has 0 amide bonds. The predicted molar refractivity (Wildman–Crippen MR) is 60.7 cm³/mol. The number of hydrogen-bond acceptors (Lipinski definition) is 2. The summed E-state index contributed by atoms with van der Waals surface area (Å²) in [5, 5.41) is 0.578. The first-order valence-corrected chi connectivity index (χ1v) is 5.34. The topological polar surface area (TPSA) is 30.7 Å². The Morgan fingerprint density at radius 2 is 2.20 bits per heavy atom. The van der Waals surface area contributed by atoms with Gasteiger partial charge in [0.25, 0.3) is 0 Å². The maximum absolute atomic E-state index is 6.10. The van der Waals surface area contributed by atoms with Crippen molar-refractivity contribution >= 4 is 23.2 Å².